The topological polar surface area (TPSA) is 138 Å². The van der Waals surface area contributed by atoms with E-state index in [-0.39, 0.29) is 30.7 Å². The zero-order chi connectivity index (χ0) is 29.3. The van der Waals surface area contributed by atoms with Crippen LogP contribution in [-0.4, -0.2) is 64.0 Å². The van der Waals surface area contributed by atoms with E-state index in [1.807, 2.05) is 57.5 Å². The van der Waals surface area contributed by atoms with Crippen LogP contribution in [0.5, 0.6) is 0 Å². The fourth-order valence-corrected chi connectivity index (χ4v) is 5.79. The number of thiazole rings is 1. The fourth-order valence-electron chi connectivity index (χ4n) is 4.97. The zero-order valence-corrected chi connectivity index (χ0v) is 25.1. The first-order valence-electron chi connectivity index (χ1n) is 14.3. The molecule has 1 unspecified atom stereocenters. The van der Waals surface area contributed by atoms with E-state index in [4.69, 9.17) is 5.73 Å². The first-order valence-corrected chi connectivity index (χ1v) is 15.1. The molecule has 1 aromatic carbocycles. The second kappa shape index (κ2) is 14.7. The van der Waals surface area contributed by atoms with Gasteiger partial charge in [-0.05, 0) is 42.9 Å². The molecule has 0 saturated carbocycles. The maximum absolute atomic E-state index is 13.7. The molecular formula is C30H45N5O4S. The number of aliphatic hydroxyl groups excluding tert-OH is 1. The van der Waals surface area contributed by atoms with Crippen molar-refractivity contribution in [1.82, 2.24) is 20.5 Å². The Morgan fingerprint density at radius 2 is 1.80 bits per heavy atom. The lowest BCUT2D eigenvalue weighted by molar-refractivity contribution is -0.144. The van der Waals surface area contributed by atoms with Crippen LogP contribution < -0.4 is 16.4 Å². The molecule has 1 fully saturated rings. The molecule has 3 amide bonds. The van der Waals surface area contributed by atoms with E-state index >= 15 is 0 Å². The van der Waals surface area contributed by atoms with Crippen molar-refractivity contribution in [2.24, 2.45) is 11.1 Å². The van der Waals surface area contributed by atoms with Gasteiger partial charge in [0.25, 0.3) is 0 Å². The number of nitrogens with two attached hydrogens (primary N) is 1. The molecule has 10 heteroatoms. The Hall–Kier alpha value is -2.82. The van der Waals surface area contributed by atoms with Crippen molar-refractivity contribution in [2.45, 2.75) is 97.4 Å². The van der Waals surface area contributed by atoms with Crippen LogP contribution in [0.1, 0.15) is 77.0 Å². The van der Waals surface area contributed by atoms with E-state index in [9.17, 15) is 19.5 Å². The molecule has 0 radical (unpaired) electrons. The lowest BCUT2D eigenvalue weighted by Crippen LogP contribution is -2.57. The molecule has 1 aromatic heterocycles. The molecule has 220 valence electrons. The molecule has 2 aromatic rings. The molecule has 40 heavy (non-hydrogen) atoms. The van der Waals surface area contributed by atoms with E-state index in [0.717, 1.165) is 53.8 Å². The van der Waals surface area contributed by atoms with Crippen LogP contribution in [0.3, 0.4) is 0 Å². The number of aromatic nitrogens is 1. The van der Waals surface area contributed by atoms with E-state index in [1.165, 1.54) is 4.90 Å². The quantitative estimate of drug-likeness (QED) is 0.272. The lowest BCUT2D eigenvalue weighted by atomic mass is 9.85. The van der Waals surface area contributed by atoms with E-state index in [0.29, 0.717) is 19.5 Å². The average molecular weight is 572 g/mol. The molecule has 2 heterocycles. The number of aryl methyl sites for hydroxylation is 1. The van der Waals surface area contributed by atoms with Crippen LogP contribution >= 0.6 is 11.3 Å². The maximum Gasteiger partial charge on any atom is 0.246 e. The third-order valence-electron chi connectivity index (χ3n) is 7.32. The van der Waals surface area contributed by atoms with Crippen LogP contribution in [0.2, 0.25) is 0 Å². The Morgan fingerprint density at radius 3 is 2.42 bits per heavy atom. The Bertz CT molecular complexity index is 1130. The zero-order valence-electron chi connectivity index (χ0n) is 24.2. The summed E-state index contributed by atoms with van der Waals surface area (Å²) in [6, 6.07) is 6.34. The number of likely N-dealkylation sites (tertiary alicyclic amines) is 1. The van der Waals surface area contributed by atoms with Crippen LogP contribution in [0, 0.1) is 12.3 Å². The number of carbonyl (C=O) groups is 3. The predicted octanol–water partition coefficient (Wildman–Crippen LogP) is 3.53. The summed E-state index contributed by atoms with van der Waals surface area (Å²) in [5, 5.41) is 16.2. The van der Waals surface area contributed by atoms with Gasteiger partial charge in [0, 0.05) is 25.9 Å². The summed E-state index contributed by atoms with van der Waals surface area (Å²) in [5.74, 6) is -0.835. The van der Waals surface area contributed by atoms with Crippen LogP contribution in [0.4, 0.5) is 0 Å². The Balaban J connectivity index is 1.59. The summed E-state index contributed by atoms with van der Waals surface area (Å²) in [5.41, 5.74) is 9.77. The van der Waals surface area contributed by atoms with Gasteiger partial charge >= 0.3 is 0 Å². The van der Waals surface area contributed by atoms with Crippen LogP contribution in [-0.2, 0) is 20.9 Å². The highest BCUT2D eigenvalue weighted by atomic mass is 32.1. The highest BCUT2D eigenvalue weighted by Crippen LogP contribution is 2.28. The lowest BCUT2D eigenvalue weighted by Gasteiger charge is -2.35. The number of carbonyl (C=O) groups excluding carboxylic acids is 3. The third kappa shape index (κ3) is 8.84. The number of aliphatic hydroxyl groups is 1. The van der Waals surface area contributed by atoms with Crippen molar-refractivity contribution in [2.75, 3.05) is 13.1 Å². The standard InChI is InChI=1S/C30H45N5O4S/c1-20-26(40-19-33-20)22-13-11-21(12-14-22)17-32-28(38)24-16-23(36)18-35(24)29(39)27(30(2,3)4)34-25(37)10-8-6-5-7-9-15-31/h11-14,19,23-24,27,36H,5-10,15-18,31H2,1-4H3,(H,32,38)(H,34,37)/t23-,24+,27?/m1/s1. The Labute approximate surface area is 241 Å². The largest absolute Gasteiger partial charge is 0.391 e. The highest BCUT2D eigenvalue weighted by molar-refractivity contribution is 7.13. The van der Waals surface area contributed by atoms with Crippen molar-refractivity contribution in [1.29, 1.82) is 0 Å². The van der Waals surface area contributed by atoms with Gasteiger partial charge < -0.3 is 26.4 Å². The Kier molecular flexibility index (Phi) is 11.7. The molecule has 0 aliphatic carbocycles. The fraction of sp³-hybridized carbons (Fsp3) is 0.600. The van der Waals surface area contributed by atoms with Gasteiger partial charge in [0.1, 0.15) is 12.1 Å². The molecular weight excluding hydrogens is 526 g/mol. The SMILES string of the molecule is Cc1ncsc1-c1ccc(CNC(=O)[C@@H]2C[C@@H](O)CN2C(=O)C(NC(=O)CCCCCCCN)C(C)(C)C)cc1. The summed E-state index contributed by atoms with van der Waals surface area (Å²) in [7, 11) is 0. The monoisotopic (exact) mass is 571 g/mol. The van der Waals surface area contributed by atoms with E-state index in [1.54, 1.807) is 11.3 Å². The normalized spacial score (nSPS) is 18.0. The van der Waals surface area contributed by atoms with Gasteiger partial charge in [0.15, 0.2) is 0 Å². The molecule has 3 atom stereocenters. The summed E-state index contributed by atoms with van der Waals surface area (Å²) in [6.45, 7) is 8.69. The van der Waals surface area contributed by atoms with Gasteiger partial charge in [-0.2, -0.15) is 0 Å². The van der Waals surface area contributed by atoms with Gasteiger partial charge in [0.05, 0.1) is 22.2 Å². The number of unbranched alkanes of at least 4 members (excludes halogenated alkanes) is 4. The molecule has 3 rings (SSSR count). The maximum atomic E-state index is 13.7. The molecule has 5 N–H and O–H groups in total. The minimum Gasteiger partial charge on any atom is -0.391 e. The first-order chi connectivity index (χ1) is 19.0. The van der Waals surface area contributed by atoms with Crippen molar-refractivity contribution in [3.8, 4) is 10.4 Å². The second-order valence-corrected chi connectivity index (χ2v) is 12.6. The molecule has 9 nitrogen and oxygen atoms in total. The Morgan fingerprint density at radius 1 is 1.12 bits per heavy atom. The van der Waals surface area contributed by atoms with Gasteiger partial charge in [0.2, 0.25) is 17.7 Å². The van der Waals surface area contributed by atoms with Crippen molar-refractivity contribution in [3.63, 3.8) is 0 Å². The molecule has 0 spiro atoms. The number of rotatable bonds is 13. The van der Waals surface area contributed by atoms with Gasteiger partial charge in [-0.25, -0.2) is 4.98 Å². The smallest absolute Gasteiger partial charge is 0.246 e. The molecule has 0 bridgehead atoms. The minimum atomic E-state index is -0.805. The minimum absolute atomic E-state index is 0.0589. The van der Waals surface area contributed by atoms with Gasteiger partial charge in [-0.15, -0.1) is 11.3 Å². The van der Waals surface area contributed by atoms with E-state index in [2.05, 4.69) is 15.6 Å². The molecule has 1 aliphatic heterocycles. The summed E-state index contributed by atoms with van der Waals surface area (Å²) in [6.07, 6.45) is 4.47. The average Bonchev–Trinajstić information content (AvgIpc) is 3.52. The molecule has 1 saturated heterocycles. The van der Waals surface area contributed by atoms with E-state index < -0.39 is 23.6 Å². The third-order valence-corrected chi connectivity index (χ3v) is 8.30. The van der Waals surface area contributed by atoms with Crippen molar-refractivity contribution >= 4 is 29.1 Å². The number of nitrogens with one attached hydrogen (secondary N) is 2. The number of β-amino-alcohol motifs (C(OH)–C–C–N with tert-alkyl or cyclic N) is 1. The van der Waals surface area contributed by atoms with Crippen LogP contribution in [0.25, 0.3) is 10.4 Å². The highest BCUT2D eigenvalue weighted by Gasteiger charge is 2.44. The van der Waals surface area contributed by atoms with Crippen LogP contribution in [0.15, 0.2) is 29.8 Å². The number of nitrogens with zero attached hydrogens (tertiary/aromatic N) is 2. The first kappa shape index (κ1) is 31.7. The number of benzene rings is 1. The van der Waals surface area contributed by atoms with Gasteiger partial charge in [-0.3, -0.25) is 14.4 Å². The van der Waals surface area contributed by atoms with Crippen molar-refractivity contribution < 1.29 is 19.5 Å². The summed E-state index contributed by atoms with van der Waals surface area (Å²) < 4.78 is 0. The number of amides is 3. The summed E-state index contributed by atoms with van der Waals surface area (Å²) >= 11 is 1.59. The van der Waals surface area contributed by atoms with Gasteiger partial charge in [-0.1, -0.05) is 64.3 Å². The number of hydrogen-bond donors (Lipinski definition) is 4. The molecule has 1 aliphatic rings. The summed E-state index contributed by atoms with van der Waals surface area (Å²) in [4.78, 5) is 46.5. The predicted molar refractivity (Wildman–Crippen MR) is 158 cm³/mol. The second-order valence-electron chi connectivity index (χ2n) is 11.8. The van der Waals surface area contributed by atoms with Crippen molar-refractivity contribution in [3.05, 3.63) is 41.0 Å². The number of hydrogen-bond acceptors (Lipinski definition) is 7.